The fourth-order valence-corrected chi connectivity index (χ4v) is 9.37. The van der Waals surface area contributed by atoms with Gasteiger partial charge in [0.1, 0.15) is 48.3 Å². The van der Waals surface area contributed by atoms with Gasteiger partial charge in [-0.25, -0.2) is 0 Å². The lowest BCUT2D eigenvalue weighted by molar-refractivity contribution is -0.150. The summed E-state index contributed by atoms with van der Waals surface area (Å²) in [5.74, 6) is -10.3. The molecule has 5 rings (SSSR count). The topological polar surface area (TPSA) is 479 Å². The van der Waals surface area contributed by atoms with Gasteiger partial charge >= 0.3 is 0 Å². The first-order valence-electron chi connectivity index (χ1n) is 26.6. The summed E-state index contributed by atoms with van der Waals surface area (Å²) >= 11 is 0. The van der Waals surface area contributed by atoms with Crippen molar-refractivity contribution < 1.29 is 52.7 Å². The Kier molecular flexibility index (Phi) is 23.7. The van der Waals surface area contributed by atoms with E-state index in [0.717, 1.165) is 22.7 Å². The minimum atomic E-state index is -1.75. The van der Waals surface area contributed by atoms with E-state index in [1.165, 1.54) is 0 Å². The van der Waals surface area contributed by atoms with Crippen LogP contribution < -0.4 is 76.1 Å². The number of rotatable bonds is 19. The lowest BCUT2D eigenvalue weighted by atomic mass is 9.98. The van der Waals surface area contributed by atoms with Crippen LogP contribution in [0.15, 0.2) is 60.8 Å². The van der Waals surface area contributed by atoms with Crippen molar-refractivity contribution in [2.24, 2.45) is 22.9 Å². The maximum Gasteiger partial charge on any atom is 0.246 e. The molecular formula is C52H74N18O11. The van der Waals surface area contributed by atoms with Crippen molar-refractivity contribution in [3.05, 3.63) is 71.9 Å². The molecule has 0 saturated carbocycles. The lowest BCUT2D eigenvalue weighted by Crippen LogP contribution is -2.68. The van der Waals surface area contributed by atoms with Crippen molar-refractivity contribution in [1.82, 2.24) is 63.1 Å². The van der Waals surface area contributed by atoms with Gasteiger partial charge in [-0.3, -0.25) is 63.6 Å². The number of fused-ring (bicyclic) bond motifs is 3. The fourth-order valence-electron chi connectivity index (χ4n) is 9.37. The number of piperazine rings is 1. The van der Waals surface area contributed by atoms with Gasteiger partial charge in [0.15, 0.2) is 11.9 Å². The van der Waals surface area contributed by atoms with E-state index in [4.69, 9.17) is 33.8 Å². The number of aromatic amines is 1. The Bertz CT molecular complexity index is 2790. The quantitative estimate of drug-likeness (QED) is 0.0306. The summed E-state index contributed by atoms with van der Waals surface area (Å²) in [6.07, 6.45) is 0.293. The number of hydrogen-bond donors (Lipinski definition) is 17. The number of nitrogens with two attached hydrogens (primary N) is 4. The summed E-state index contributed by atoms with van der Waals surface area (Å²) in [5.41, 5.74) is 24.1. The molecule has 1 aromatic heterocycles. The van der Waals surface area contributed by atoms with Crippen molar-refractivity contribution in [1.29, 1.82) is 10.8 Å². The minimum Gasteiger partial charge on any atom is -0.370 e. The molecule has 3 heterocycles. The van der Waals surface area contributed by atoms with E-state index in [1.54, 1.807) is 54.7 Å². The van der Waals surface area contributed by atoms with E-state index in [0.29, 0.717) is 11.1 Å². The number of nitrogens with zero attached hydrogens (tertiary/aromatic N) is 1. The third-order valence-electron chi connectivity index (χ3n) is 13.5. The van der Waals surface area contributed by atoms with E-state index in [2.05, 4.69) is 58.2 Å². The first kappa shape index (κ1) is 62.5. The molecule has 0 radical (unpaired) electrons. The minimum absolute atomic E-state index is 0.0234. The Labute approximate surface area is 466 Å². The summed E-state index contributed by atoms with van der Waals surface area (Å²) in [6.45, 7) is 0.839. The Balaban J connectivity index is 1.58. The highest BCUT2D eigenvalue weighted by Gasteiger charge is 2.43. The molecule has 8 atom stereocenters. The first-order chi connectivity index (χ1) is 38.6. The zero-order valence-electron chi connectivity index (χ0n) is 45.0. The molecule has 0 unspecified atom stereocenters. The highest BCUT2D eigenvalue weighted by molar-refractivity contribution is 6.00. The number of amides is 11. The zero-order valence-corrected chi connectivity index (χ0v) is 45.0. The van der Waals surface area contributed by atoms with Crippen LogP contribution in [-0.2, 0) is 65.6 Å². The molecule has 0 aliphatic carbocycles. The van der Waals surface area contributed by atoms with Gasteiger partial charge in [0.25, 0.3) is 0 Å². The van der Waals surface area contributed by atoms with Crippen molar-refractivity contribution >= 4 is 87.8 Å². The molecule has 29 heteroatoms. The normalized spacial score (nSPS) is 22.2. The second kappa shape index (κ2) is 30.7. The number of carbonyl (C=O) groups excluding carboxylic acids is 11. The third kappa shape index (κ3) is 19.8. The van der Waals surface area contributed by atoms with Crippen LogP contribution in [0.25, 0.3) is 10.9 Å². The molecule has 2 saturated heterocycles. The van der Waals surface area contributed by atoms with Gasteiger partial charge < -0.3 is 86.0 Å². The first-order valence-corrected chi connectivity index (χ1v) is 26.6. The SMILES string of the molecule is CC(=O)N[C@@H](CCCNC(=N)N)C(=O)N[C@H]1CC(=O)NCCCC[C@@H](C(N)=O)NC(=O)[C@H](Cc2c[nH]c3ccccc23)NC(=O)[C@H]2CN(C(=O)[C@@H](Cc3ccccc3)NC(=O)[C@H](CCC(N)=O)NC1=O)[C@@H](CCCNC(=N)N)C(=O)N2. The van der Waals surface area contributed by atoms with Gasteiger partial charge in [0.05, 0.1) is 13.0 Å². The lowest BCUT2D eigenvalue weighted by Gasteiger charge is -2.41. The molecule has 2 aliphatic rings. The average Bonchev–Trinajstić information content (AvgIpc) is 3.91. The van der Waals surface area contributed by atoms with Gasteiger partial charge in [-0.2, -0.15) is 0 Å². The molecule has 2 bridgehead atoms. The smallest absolute Gasteiger partial charge is 0.246 e. The molecule has 81 heavy (non-hydrogen) atoms. The van der Waals surface area contributed by atoms with Crippen LogP contribution in [0.2, 0.25) is 0 Å². The highest BCUT2D eigenvalue weighted by Crippen LogP contribution is 2.21. The van der Waals surface area contributed by atoms with Crippen molar-refractivity contribution in [2.75, 3.05) is 26.2 Å². The van der Waals surface area contributed by atoms with Crippen LogP contribution in [0.4, 0.5) is 0 Å². The third-order valence-corrected chi connectivity index (χ3v) is 13.5. The van der Waals surface area contributed by atoms with E-state index >= 15 is 4.79 Å². The molecule has 11 amide bonds. The number of carbonyl (C=O) groups is 11. The van der Waals surface area contributed by atoms with Gasteiger partial charge in [0.2, 0.25) is 65.0 Å². The number of guanidine groups is 2. The molecule has 2 fully saturated rings. The van der Waals surface area contributed by atoms with Crippen molar-refractivity contribution in [2.45, 2.75) is 132 Å². The number of aromatic nitrogens is 1. The maximum atomic E-state index is 15.3. The average molecular weight is 1130 g/mol. The summed E-state index contributed by atoms with van der Waals surface area (Å²) in [4.78, 5) is 157. The van der Waals surface area contributed by atoms with Crippen molar-refractivity contribution in [3.63, 3.8) is 0 Å². The second-order valence-electron chi connectivity index (χ2n) is 19.8. The molecule has 438 valence electrons. The number of hydrogen-bond acceptors (Lipinski definition) is 13. The van der Waals surface area contributed by atoms with Crippen LogP contribution in [0.1, 0.15) is 82.3 Å². The van der Waals surface area contributed by atoms with E-state index in [9.17, 15) is 47.9 Å². The maximum absolute atomic E-state index is 15.3. The molecule has 2 aliphatic heterocycles. The number of H-pyrrole nitrogens is 1. The molecule has 21 N–H and O–H groups in total. The van der Waals surface area contributed by atoms with Gasteiger partial charge in [-0.05, 0) is 68.6 Å². The molecule has 3 aromatic rings. The Morgan fingerprint density at radius 3 is 2.05 bits per heavy atom. The Morgan fingerprint density at radius 2 is 1.37 bits per heavy atom. The number of primary amides is 2. The summed E-state index contributed by atoms with van der Waals surface area (Å²) < 4.78 is 0. The van der Waals surface area contributed by atoms with Crippen molar-refractivity contribution in [3.8, 4) is 0 Å². The predicted octanol–water partition coefficient (Wildman–Crippen LogP) is -4.46. The Morgan fingerprint density at radius 1 is 0.716 bits per heavy atom. The van der Waals surface area contributed by atoms with E-state index < -0.39 is 139 Å². The number of para-hydroxylation sites is 1. The van der Waals surface area contributed by atoms with Gasteiger partial charge in [-0.1, -0.05) is 48.5 Å². The van der Waals surface area contributed by atoms with Crippen LogP contribution in [0.5, 0.6) is 0 Å². The second-order valence-corrected chi connectivity index (χ2v) is 19.8. The van der Waals surface area contributed by atoms with Crippen LogP contribution in [-0.4, -0.2) is 161 Å². The summed E-state index contributed by atoms with van der Waals surface area (Å²) in [7, 11) is 0. The Hall–Kier alpha value is -9.31. The standard InChI is InChI=1S/C52H74N18O11/c1-28(71)63-34(16-9-21-60-51(55)56)44(75)67-37-25-42(73)59-20-8-7-15-33(43(54)74)64-46(77)36(24-30-26-62-32-14-6-5-13-31(30)32)66-48(79)39-27-70(40(49(80)69-39)17-10-22-61-52(57)58)50(81)38(23-29-11-3-2-4-12-29)68-45(76)35(65-47(37)78)18-19-41(53)72/h2-6,11-14,26,33-40,62H,7-10,15-25,27H2,1H3,(H2,53,72)(H2,54,74)(H,59,73)(H,63,71)(H,64,77)(H,65,78)(H,66,79)(H,67,75)(H,68,76)(H,69,80)(H4,55,56,60)(H4,57,58,61)/t33-,34-,35-,36-,37-,38+,39+,40-/m0/s1. The molecule has 2 aromatic carbocycles. The van der Waals surface area contributed by atoms with E-state index in [1.807, 2.05) is 6.07 Å². The zero-order chi connectivity index (χ0) is 59.2. The highest BCUT2D eigenvalue weighted by atomic mass is 16.2. The predicted molar refractivity (Wildman–Crippen MR) is 294 cm³/mol. The molecule has 29 nitrogen and oxygen atoms in total. The molecule has 0 spiro atoms. The van der Waals surface area contributed by atoms with Crippen LogP contribution in [0.3, 0.4) is 0 Å². The van der Waals surface area contributed by atoms with E-state index in [-0.39, 0.29) is 89.3 Å². The monoisotopic (exact) mass is 1130 g/mol. The summed E-state index contributed by atoms with van der Waals surface area (Å²) in [5, 5.41) is 41.8. The number of nitrogens with one attached hydrogen (secondary N) is 13. The number of benzene rings is 2. The van der Waals surface area contributed by atoms with Crippen LogP contribution >= 0.6 is 0 Å². The fraction of sp³-hybridized carbons (Fsp3) is 0.481. The van der Waals surface area contributed by atoms with Crippen LogP contribution in [0, 0.1) is 10.8 Å². The summed E-state index contributed by atoms with van der Waals surface area (Å²) in [6, 6.07) is 3.86. The van der Waals surface area contributed by atoms with Gasteiger partial charge in [0, 0.05) is 62.9 Å². The largest absolute Gasteiger partial charge is 0.370 e. The molecular weight excluding hydrogens is 1050 g/mol. The van der Waals surface area contributed by atoms with Gasteiger partial charge in [-0.15, -0.1) is 0 Å².